The fourth-order valence-corrected chi connectivity index (χ4v) is 2.50. The van der Waals surface area contributed by atoms with E-state index in [1.54, 1.807) is 24.3 Å². The van der Waals surface area contributed by atoms with E-state index in [-0.39, 0.29) is 24.0 Å². The van der Waals surface area contributed by atoms with Crippen LogP contribution in [-0.4, -0.2) is 71.9 Å². The van der Waals surface area contributed by atoms with E-state index >= 15 is 0 Å². The Kier molecular flexibility index (Phi) is 5.84. The molecule has 1 N–H and O–H groups in total. The lowest BCUT2D eigenvalue weighted by Crippen LogP contribution is -2.42. The van der Waals surface area contributed by atoms with Crippen LogP contribution in [0.25, 0.3) is 0 Å². The van der Waals surface area contributed by atoms with Crippen molar-refractivity contribution in [2.75, 3.05) is 27.3 Å². The minimum atomic E-state index is -4.79. The molecular weight excluding hydrogens is 369 g/mol. The van der Waals surface area contributed by atoms with Gasteiger partial charge in [0.1, 0.15) is 6.54 Å². The van der Waals surface area contributed by atoms with E-state index in [0.29, 0.717) is 10.5 Å². The number of imide groups is 2. The first-order chi connectivity index (χ1) is 12.5. The van der Waals surface area contributed by atoms with Gasteiger partial charge in [-0.15, -0.1) is 0 Å². The van der Waals surface area contributed by atoms with Gasteiger partial charge in [-0.3, -0.25) is 19.3 Å². The predicted octanol–water partition coefficient (Wildman–Crippen LogP) is 0.789. The molecule has 11 heteroatoms. The molecule has 1 aromatic carbocycles. The SMILES string of the molecule is CNC(=O)c1ccc(CN(C)CN2C(=O)C(=O)N(CC(F)(F)F)C2=O)cc1. The molecule has 5 amide bonds. The molecule has 1 aliphatic rings. The number of carbonyl (C=O) groups is 4. The Balaban J connectivity index is 2.01. The summed E-state index contributed by atoms with van der Waals surface area (Å²) in [4.78, 5) is 48.8. The number of benzene rings is 1. The molecule has 0 spiro atoms. The molecule has 1 aromatic rings. The highest BCUT2D eigenvalue weighted by Gasteiger charge is 2.49. The fraction of sp³-hybridized carbons (Fsp3) is 0.375. The van der Waals surface area contributed by atoms with Crippen LogP contribution in [0.3, 0.4) is 0 Å². The van der Waals surface area contributed by atoms with Crippen LogP contribution in [0.5, 0.6) is 0 Å². The number of nitrogens with zero attached hydrogens (tertiary/aromatic N) is 3. The molecule has 0 atom stereocenters. The first-order valence-corrected chi connectivity index (χ1v) is 7.77. The number of amides is 5. The van der Waals surface area contributed by atoms with Gasteiger partial charge >= 0.3 is 24.0 Å². The first kappa shape index (κ1) is 20.4. The number of urea groups is 1. The number of rotatable bonds is 6. The Labute approximate surface area is 152 Å². The monoisotopic (exact) mass is 386 g/mol. The molecule has 0 radical (unpaired) electrons. The zero-order chi connectivity index (χ0) is 20.4. The maximum atomic E-state index is 12.5. The van der Waals surface area contributed by atoms with Crippen LogP contribution >= 0.6 is 0 Å². The van der Waals surface area contributed by atoms with Crippen LogP contribution in [0.15, 0.2) is 24.3 Å². The first-order valence-electron chi connectivity index (χ1n) is 7.77. The second kappa shape index (κ2) is 7.74. The normalized spacial score (nSPS) is 15.1. The summed E-state index contributed by atoms with van der Waals surface area (Å²) in [6.45, 7) is -1.93. The van der Waals surface area contributed by atoms with E-state index in [1.807, 2.05) is 0 Å². The smallest absolute Gasteiger partial charge is 0.355 e. The van der Waals surface area contributed by atoms with Crippen LogP contribution in [-0.2, 0) is 16.1 Å². The quantitative estimate of drug-likeness (QED) is 0.577. The van der Waals surface area contributed by atoms with Crippen molar-refractivity contribution in [2.24, 2.45) is 0 Å². The standard InChI is InChI=1S/C16H17F3N4O4/c1-20-12(24)11-5-3-10(4-6-11)7-21(2)9-23-14(26)13(25)22(15(23)27)8-16(17,18)19/h3-6H,7-9H2,1-2H3,(H,20,24). The average Bonchev–Trinajstić information content (AvgIpc) is 2.78. The minimum Gasteiger partial charge on any atom is -0.355 e. The predicted molar refractivity (Wildman–Crippen MR) is 86.2 cm³/mol. The third-order valence-corrected chi connectivity index (χ3v) is 3.75. The molecule has 0 aliphatic carbocycles. The van der Waals surface area contributed by atoms with Gasteiger partial charge in [0, 0.05) is 19.2 Å². The summed E-state index contributed by atoms with van der Waals surface area (Å²) < 4.78 is 37.4. The van der Waals surface area contributed by atoms with Crippen LogP contribution < -0.4 is 5.32 Å². The highest BCUT2D eigenvalue weighted by atomic mass is 19.4. The third kappa shape index (κ3) is 4.82. The van der Waals surface area contributed by atoms with Gasteiger partial charge in [-0.05, 0) is 24.7 Å². The summed E-state index contributed by atoms with van der Waals surface area (Å²) in [5, 5.41) is 2.48. The number of hydrogen-bond donors (Lipinski definition) is 1. The van der Waals surface area contributed by atoms with E-state index in [9.17, 15) is 32.3 Å². The largest absolute Gasteiger partial charge is 0.406 e. The fourth-order valence-electron chi connectivity index (χ4n) is 2.50. The molecule has 1 fully saturated rings. The van der Waals surface area contributed by atoms with Crippen molar-refractivity contribution in [3.8, 4) is 0 Å². The summed E-state index contributed by atoms with van der Waals surface area (Å²) >= 11 is 0. The van der Waals surface area contributed by atoms with Crippen LogP contribution in [0.2, 0.25) is 0 Å². The maximum Gasteiger partial charge on any atom is 0.406 e. The Bertz CT molecular complexity index is 764. The van der Waals surface area contributed by atoms with E-state index in [2.05, 4.69) is 5.32 Å². The van der Waals surface area contributed by atoms with Gasteiger partial charge in [0.25, 0.3) is 5.91 Å². The van der Waals surface area contributed by atoms with Gasteiger partial charge in [0.05, 0.1) is 6.67 Å². The van der Waals surface area contributed by atoms with Crippen LogP contribution in [0.1, 0.15) is 15.9 Å². The second-order valence-electron chi connectivity index (χ2n) is 5.95. The topological polar surface area (TPSA) is 90.0 Å². The second-order valence-corrected chi connectivity index (χ2v) is 5.95. The summed E-state index contributed by atoms with van der Waals surface area (Å²) in [6.07, 6.45) is -4.79. The van der Waals surface area contributed by atoms with Crippen molar-refractivity contribution >= 4 is 23.8 Å². The Morgan fingerprint density at radius 1 is 1.07 bits per heavy atom. The molecular formula is C16H17F3N4O4. The molecule has 146 valence electrons. The summed E-state index contributed by atoms with van der Waals surface area (Å²) in [5.41, 5.74) is 1.19. The summed E-state index contributed by atoms with van der Waals surface area (Å²) in [7, 11) is 3.03. The van der Waals surface area contributed by atoms with Gasteiger partial charge in [0.2, 0.25) is 0 Å². The Morgan fingerprint density at radius 2 is 1.63 bits per heavy atom. The lowest BCUT2D eigenvalue weighted by molar-refractivity contribution is -0.156. The molecule has 8 nitrogen and oxygen atoms in total. The zero-order valence-corrected chi connectivity index (χ0v) is 14.5. The molecule has 0 unspecified atom stereocenters. The Hall–Kier alpha value is -2.95. The summed E-state index contributed by atoms with van der Waals surface area (Å²) in [5.74, 6) is -3.06. The van der Waals surface area contributed by atoms with Crippen LogP contribution in [0, 0.1) is 0 Å². The van der Waals surface area contributed by atoms with Crippen LogP contribution in [0.4, 0.5) is 18.0 Å². The van der Waals surface area contributed by atoms with Crippen molar-refractivity contribution < 1.29 is 32.3 Å². The van der Waals surface area contributed by atoms with E-state index in [1.165, 1.54) is 19.0 Å². The molecule has 0 aromatic heterocycles. The minimum absolute atomic E-state index is 0.117. The zero-order valence-electron chi connectivity index (χ0n) is 14.5. The van der Waals surface area contributed by atoms with E-state index in [0.717, 1.165) is 5.56 Å². The van der Waals surface area contributed by atoms with E-state index < -0.39 is 30.6 Å². The number of carbonyl (C=O) groups excluding carboxylic acids is 4. The number of alkyl halides is 3. The highest BCUT2D eigenvalue weighted by molar-refractivity contribution is 6.44. The van der Waals surface area contributed by atoms with Crippen molar-refractivity contribution in [1.82, 2.24) is 20.0 Å². The Morgan fingerprint density at radius 3 is 2.15 bits per heavy atom. The molecule has 27 heavy (non-hydrogen) atoms. The molecule has 1 saturated heterocycles. The van der Waals surface area contributed by atoms with Gasteiger partial charge in [-0.25, -0.2) is 14.6 Å². The van der Waals surface area contributed by atoms with Gasteiger partial charge in [0.15, 0.2) is 0 Å². The van der Waals surface area contributed by atoms with Gasteiger partial charge in [-0.2, -0.15) is 13.2 Å². The lowest BCUT2D eigenvalue weighted by Gasteiger charge is -2.22. The highest BCUT2D eigenvalue weighted by Crippen LogP contribution is 2.21. The summed E-state index contributed by atoms with van der Waals surface area (Å²) in [6, 6.07) is 5.20. The third-order valence-electron chi connectivity index (χ3n) is 3.75. The number of hydrogen-bond acceptors (Lipinski definition) is 5. The van der Waals surface area contributed by atoms with Crippen molar-refractivity contribution in [3.05, 3.63) is 35.4 Å². The molecule has 0 saturated carbocycles. The molecule has 0 bridgehead atoms. The van der Waals surface area contributed by atoms with Crippen molar-refractivity contribution in [3.63, 3.8) is 0 Å². The van der Waals surface area contributed by atoms with Crippen molar-refractivity contribution in [2.45, 2.75) is 12.7 Å². The van der Waals surface area contributed by atoms with E-state index in [4.69, 9.17) is 0 Å². The van der Waals surface area contributed by atoms with Gasteiger partial charge in [-0.1, -0.05) is 12.1 Å². The lowest BCUT2D eigenvalue weighted by atomic mass is 10.1. The molecule has 2 rings (SSSR count). The van der Waals surface area contributed by atoms with Gasteiger partial charge < -0.3 is 5.32 Å². The maximum absolute atomic E-state index is 12.5. The average molecular weight is 386 g/mol. The molecule has 1 heterocycles. The molecule has 1 aliphatic heterocycles. The number of nitrogens with one attached hydrogen (secondary N) is 1. The number of halogens is 3. The van der Waals surface area contributed by atoms with Crippen molar-refractivity contribution in [1.29, 1.82) is 0 Å².